The first-order valence-electron chi connectivity index (χ1n) is 20.0. The molecule has 0 aliphatic carbocycles. The summed E-state index contributed by atoms with van der Waals surface area (Å²) in [4.78, 5) is 62.3. The fourth-order valence-electron chi connectivity index (χ4n) is 9.91. The fraction of sp³-hybridized carbons (Fsp3) is 0.465. The number of aryl methyl sites for hydroxylation is 2. The maximum absolute atomic E-state index is 13.3. The lowest BCUT2D eigenvalue weighted by atomic mass is 9.70. The molecule has 1 atom stereocenters. The van der Waals surface area contributed by atoms with Crippen molar-refractivity contribution < 1.29 is 19.1 Å². The quantitative estimate of drug-likeness (QED) is 0.232. The number of methoxy groups -OCH3 is 2. The minimum Gasteiger partial charge on any atom is -0.496 e. The highest BCUT2D eigenvalue weighted by molar-refractivity contribution is 6.00. The van der Waals surface area contributed by atoms with Crippen molar-refractivity contribution in [2.75, 3.05) is 58.4 Å². The average Bonchev–Trinajstić information content (AvgIpc) is 3.46. The highest BCUT2D eigenvalue weighted by Gasteiger charge is 2.47. The third-order valence-corrected chi connectivity index (χ3v) is 13.2. The first kappa shape index (κ1) is 37.1. The number of fused-ring (bicyclic) bond motifs is 2. The predicted octanol–water partition coefficient (Wildman–Crippen LogP) is 3.82. The summed E-state index contributed by atoms with van der Waals surface area (Å²) < 4.78 is 16.7. The number of carbonyl (C=O) groups is 2. The van der Waals surface area contributed by atoms with Crippen molar-refractivity contribution in [2.24, 2.45) is 19.5 Å². The Morgan fingerprint density at radius 3 is 2.26 bits per heavy atom. The second-order valence-electron chi connectivity index (χ2n) is 16.5. The Kier molecular flexibility index (Phi) is 9.43. The highest BCUT2D eigenvalue weighted by Crippen LogP contribution is 2.44. The molecule has 4 saturated heterocycles. The van der Waals surface area contributed by atoms with Gasteiger partial charge in [-0.25, -0.2) is 4.79 Å². The number of likely N-dealkylation sites (tertiary alicyclic amines) is 2. The zero-order valence-electron chi connectivity index (χ0n) is 33.1. The molecule has 9 rings (SSSR count). The number of imidazole rings is 1. The Balaban J connectivity index is 0.811. The van der Waals surface area contributed by atoms with Gasteiger partial charge in [-0.1, -0.05) is 0 Å². The second-order valence-corrected chi connectivity index (χ2v) is 16.5. The molecular weight excluding hydrogens is 725 g/mol. The average molecular weight is 775 g/mol. The Hall–Kier alpha value is -5.47. The molecule has 4 aliphatic heterocycles. The third-order valence-electron chi connectivity index (χ3n) is 13.2. The molecule has 298 valence electrons. The van der Waals surface area contributed by atoms with E-state index >= 15 is 0 Å². The molecule has 0 saturated carbocycles. The lowest BCUT2D eigenvalue weighted by molar-refractivity contribution is -0.135. The van der Waals surface area contributed by atoms with Crippen LogP contribution in [0.15, 0.2) is 64.6 Å². The van der Waals surface area contributed by atoms with Crippen molar-refractivity contribution in [2.45, 2.75) is 57.2 Å². The number of nitrogens with one attached hydrogen (secondary N) is 1. The topological polar surface area (TPSA) is 136 Å². The summed E-state index contributed by atoms with van der Waals surface area (Å²) in [5, 5.41) is 3.81. The molecule has 1 spiro atoms. The van der Waals surface area contributed by atoms with Gasteiger partial charge in [-0.05, 0) is 98.0 Å². The summed E-state index contributed by atoms with van der Waals surface area (Å²) in [5.41, 5.74) is 5.52. The molecule has 5 aromatic rings. The van der Waals surface area contributed by atoms with Gasteiger partial charge in [0.1, 0.15) is 17.5 Å². The van der Waals surface area contributed by atoms with Gasteiger partial charge in [0.2, 0.25) is 11.8 Å². The van der Waals surface area contributed by atoms with E-state index in [2.05, 4.69) is 49.3 Å². The Labute approximate surface area is 330 Å². The number of hydrogen-bond donors (Lipinski definition) is 1. The Morgan fingerprint density at radius 2 is 1.58 bits per heavy atom. The number of amides is 2. The summed E-state index contributed by atoms with van der Waals surface area (Å²) >= 11 is 0. The molecule has 0 radical (unpaired) electrons. The smallest absolute Gasteiger partial charge is 0.329 e. The highest BCUT2D eigenvalue weighted by atomic mass is 16.5. The van der Waals surface area contributed by atoms with Crippen LogP contribution in [-0.4, -0.2) is 99.8 Å². The van der Waals surface area contributed by atoms with Crippen LogP contribution in [0.3, 0.4) is 0 Å². The molecule has 14 heteroatoms. The van der Waals surface area contributed by atoms with Crippen molar-refractivity contribution in [3.8, 4) is 22.6 Å². The first-order valence-corrected chi connectivity index (χ1v) is 20.0. The minimum atomic E-state index is -0.682. The van der Waals surface area contributed by atoms with Crippen LogP contribution in [0.4, 0.5) is 5.69 Å². The van der Waals surface area contributed by atoms with E-state index in [-0.39, 0.29) is 23.6 Å². The summed E-state index contributed by atoms with van der Waals surface area (Å²) in [6.07, 6.45) is 10.3. The standard InChI is InChI=1S/C43H50N8O6/c1-46-23-32(30-9-14-44-22-31(30)41(46)54)27-19-37(56-3)33(38(20-27)57-4)24-48-15-10-28(11-16-48)50-25-43(26-50)12-17-49(18-13-43)29-5-6-34-36(21-29)47(2)42(55)51(34)35-7-8-39(52)45-40(35)53/h5-6,9,14,19-23,28,35H,7-8,10-13,15-18,24-26H2,1-4H3,(H,45,52,53). The Bertz CT molecular complexity index is 2490. The predicted molar refractivity (Wildman–Crippen MR) is 218 cm³/mol. The first-order chi connectivity index (χ1) is 27.6. The van der Waals surface area contributed by atoms with Gasteiger partial charge in [0.25, 0.3) is 5.56 Å². The number of carbonyl (C=O) groups excluding carboxylic acids is 2. The van der Waals surface area contributed by atoms with E-state index in [0.717, 1.165) is 122 Å². The molecule has 1 unspecified atom stereocenters. The number of benzene rings is 2. The zero-order valence-corrected chi connectivity index (χ0v) is 33.1. The van der Waals surface area contributed by atoms with Crippen molar-refractivity contribution >= 4 is 39.3 Å². The molecule has 1 N–H and O–H groups in total. The summed E-state index contributed by atoms with van der Waals surface area (Å²) in [7, 11) is 6.91. The number of pyridine rings is 2. The number of anilines is 1. The van der Waals surface area contributed by atoms with E-state index in [9.17, 15) is 19.2 Å². The van der Waals surface area contributed by atoms with Gasteiger partial charge in [-0.15, -0.1) is 0 Å². The fourth-order valence-corrected chi connectivity index (χ4v) is 9.91. The van der Waals surface area contributed by atoms with Gasteiger partial charge in [-0.2, -0.15) is 0 Å². The largest absolute Gasteiger partial charge is 0.496 e. The lowest BCUT2D eigenvalue weighted by Crippen LogP contribution is -2.64. The van der Waals surface area contributed by atoms with Crippen LogP contribution in [0, 0.1) is 5.41 Å². The molecule has 2 amide bonds. The SMILES string of the molecule is COc1cc(-c2cn(C)c(=O)c3cnccc23)cc(OC)c1CN1CCC(N2CC3(CCN(c4ccc5c(c4)n(C)c(=O)n5C4CCC(=O)NC4=O)CC3)C2)CC1. The number of nitrogens with zero attached hydrogens (tertiary/aromatic N) is 7. The van der Waals surface area contributed by atoms with Crippen LogP contribution in [0.25, 0.3) is 32.9 Å². The molecule has 0 bridgehead atoms. The molecule has 7 heterocycles. The van der Waals surface area contributed by atoms with E-state index in [1.54, 1.807) is 54.4 Å². The maximum atomic E-state index is 13.3. The van der Waals surface area contributed by atoms with Crippen LogP contribution in [0.2, 0.25) is 0 Å². The minimum absolute atomic E-state index is 0.0805. The van der Waals surface area contributed by atoms with Crippen molar-refractivity contribution in [1.82, 2.24) is 33.8 Å². The van der Waals surface area contributed by atoms with Crippen molar-refractivity contribution in [1.29, 1.82) is 0 Å². The maximum Gasteiger partial charge on any atom is 0.329 e. The van der Waals surface area contributed by atoms with Gasteiger partial charge < -0.3 is 18.9 Å². The molecular formula is C43H50N8O6. The number of rotatable bonds is 8. The molecule has 4 aliphatic rings. The summed E-state index contributed by atoms with van der Waals surface area (Å²) in [6, 6.07) is 12.0. The van der Waals surface area contributed by atoms with E-state index in [0.29, 0.717) is 23.3 Å². The van der Waals surface area contributed by atoms with Gasteiger partial charge in [0.15, 0.2) is 0 Å². The van der Waals surface area contributed by atoms with Gasteiger partial charge in [0.05, 0.1) is 36.2 Å². The summed E-state index contributed by atoms with van der Waals surface area (Å²) in [5.74, 6) is 0.837. The second kappa shape index (κ2) is 14.5. The van der Waals surface area contributed by atoms with Crippen LogP contribution in [0.1, 0.15) is 50.1 Å². The number of ether oxygens (including phenoxy) is 2. The molecule has 4 fully saturated rings. The molecule has 2 aromatic carbocycles. The normalized spacial score (nSPS) is 20.6. The van der Waals surface area contributed by atoms with Crippen molar-refractivity contribution in [3.05, 3.63) is 81.4 Å². The molecule has 14 nitrogen and oxygen atoms in total. The summed E-state index contributed by atoms with van der Waals surface area (Å²) in [6.45, 7) is 6.98. The van der Waals surface area contributed by atoms with Crippen LogP contribution >= 0.6 is 0 Å². The number of hydrogen-bond acceptors (Lipinski definition) is 10. The number of piperidine rings is 3. The number of imide groups is 1. The van der Waals surface area contributed by atoms with E-state index < -0.39 is 11.9 Å². The molecule has 57 heavy (non-hydrogen) atoms. The molecule has 3 aromatic heterocycles. The zero-order chi connectivity index (χ0) is 39.6. The lowest BCUT2D eigenvalue weighted by Gasteiger charge is -2.57. The van der Waals surface area contributed by atoms with E-state index in [1.165, 1.54) is 0 Å². The van der Waals surface area contributed by atoms with E-state index in [1.807, 2.05) is 18.3 Å². The van der Waals surface area contributed by atoms with E-state index in [4.69, 9.17) is 9.47 Å². The van der Waals surface area contributed by atoms with Crippen LogP contribution in [-0.2, 0) is 30.2 Å². The third kappa shape index (κ3) is 6.48. The monoisotopic (exact) mass is 774 g/mol. The number of aromatic nitrogens is 4. The van der Waals surface area contributed by atoms with Gasteiger partial charge in [-0.3, -0.25) is 43.6 Å². The van der Waals surface area contributed by atoms with Crippen LogP contribution < -0.4 is 30.9 Å². The van der Waals surface area contributed by atoms with Crippen molar-refractivity contribution in [3.63, 3.8) is 0 Å². The van der Waals surface area contributed by atoms with Crippen LogP contribution in [0.5, 0.6) is 11.5 Å². The van der Waals surface area contributed by atoms with Gasteiger partial charge in [0, 0.05) is 89.1 Å². The van der Waals surface area contributed by atoms with Gasteiger partial charge >= 0.3 is 5.69 Å². The Morgan fingerprint density at radius 1 is 0.860 bits per heavy atom.